The minimum absolute atomic E-state index is 0.0183. The molecule has 1 atom stereocenters. The Hall–Kier alpha value is -1.64. The summed E-state index contributed by atoms with van der Waals surface area (Å²) in [5, 5.41) is 2.94. The molecule has 0 aromatic carbocycles. The van der Waals surface area contributed by atoms with Crippen molar-refractivity contribution in [3.05, 3.63) is 11.7 Å². The summed E-state index contributed by atoms with van der Waals surface area (Å²) in [6, 6.07) is -0.347. The summed E-state index contributed by atoms with van der Waals surface area (Å²) in [5.41, 5.74) is 0. The zero-order valence-corrected chi connectivity index (χ0v) is 12.6. The van der Waals surface area contributed by atoms with Gasteiger partial charge in [0.2, 0.25) is 11.8 Å². The first-order valence-electron chi connectivity index (χ1n) is 7.21. The number of rotatable bonds is 5. The van der Waals surface area contributed by atoms with Gasteiger partial charge in [0.05, 0.1) is 12.6 Å². The highest BCUT2D eigenvalue weighted by Crippen LogP contribution is 2.27. The SMILES string of the molecule is CCCC[C@@H]1C(=O)N(C)CCN1Cc1nc(C(F)(F)F)no1. The molecule has 0 saturated carbocycles. The number of carbonyl (C=O) groups is 1. The maximum absolute atomic E-state index is 12.5. The van der Waals surface area contributed by atoms with Crippen LogP contribution in [0.15, 0.2) is 4.52 Å². The van der Waals surface area contributed by atoms with E-state index in [4.69, 9.17) is 0 Å². The number of hydrogen-bond donors (Lipinski definition) is 0. The van der Waals surface area contributed by atoms with Crippen LogP contribution in [-0.4, -0.2) is 52.0 Å². The molecule has 0 radical (unpaired) electrons. The van der Waals surface area contributed by atoms with Crippen molar-refractivity contribution < 1.29 is 22.5 Å². The molecule has 2 rings (SSSR count). The normalized spacial score (nSPS) is 20.7. The third-order valence-corrected chi connectivity index (χ3v) is 3.72. The molecule has 9 heteroatoms. The van der Waals surface area contributed by atoms with Gasteiger partial charge in [-0.15, -0.1) is 0 Å². The van der Waals surface area contributed by atoms with Crippen LogP contribution in [0.5, 0.6) is 0 Å². The van der Waals surface area contributed by atoms with Gasteiger partial charge in [-0.2, -0.15) is 18.2 Å². The molecule has 1 aromatic heterocycles. The second-order valence-electron chi connectivity index (χ2n) is 5.40. The van der Waals surface area contributed by atoms with Gasteiger partial charge in [-0.1, -0.05) is 24.9 Å². The van der Waals surface area contributed by atoms with Crippen molar-refractivity contribution in [3.8, 4) is 0 Å². The van der Waals surface area contributed by atoms with Gasteiger partial charge < -0.3 is 9.42 Å². The Kier molecular flexibility index (Phi) is 5.05. The Morgan fingerprint density at radius 2 is 2.09 bits per heavy atom. The van der Waals surface area contributed by atoms with Crippen LogP contribution >= 0.6 is 0 Å². The molecule has 0 aliphatic carbocycles. The number of unbranched alkanes of at least 4 members (excludes halogenated alkanes) is 1. The summed E-state index contributed by atoms with van der Waals surface area (Å²) in [5.74, 6) is -1.42. The van der Waals surface area contributed by atoms with E-state index in [0.29, 0.717) is 19.5 Å². The van der Waals surface area contributed by atoms with E-state index >= 15 is 0 Å². The smallest absolute Gasteiger partial charge is 0.343 e. The van der Waals surface area contributed by atoms with Crippen molar-refractivity contribution in [2.75, 3.05) is 20.1 Å². The van der Waals surface area contributed by atoms with E-state index in [-0.39, 0.29) is 24.4 Å². The van der Waals surface area contributed by atoms with Gasteiger partial charge in [-0.3, -0.25) is 9.69 Å². The van der Waals surface area contributed by atoms with Gasteiger partial charge in [0, 0.05) is 20.1 Å². The lowest BCUT2D eigenvalue weighted by Crippen LogP contribution is -2.55. The lowest BCUT2D eigenvalue weighted by atomic mass is 10.0. The average molecular weight is 320 g/mol. The van der Waals surface area contributed by atoms with Crippen LogP contribution in [-0.2, 0) is 17.5 Å². The number of hydrogen-bond acceptors (Lipinski definition) is 5. The molecule has 0 unspecified atom stereocenters. The summed E-state index contributed by atoms with van der Waals surface area (Å²) in [4.78, 5) is 19.1. The molecule has 0 spiro atoms. The molecular formula is C13H19F3N4O2. The molecule has 1 saturated heterocycles. The standard InChI is InChI=1S/C13H19F3N4O2/c1-3-4-5-9-11(21)19(2)6-7-20(9)8-10-17-12(18-22-10)13(14,15)16/h9H,3-8H2,1-2H3/t9-/m1/s1. The molecule has 0 N–H and O–H groups in total. The molecule has 6 nitrogen and oxygen atoms in total. The first-order chi connectivity index (χ1) is 10.3. The number of nitrogens with zero attached hydrogens (tertiary/aromatic N) is 4. The molecule has 124 valence electrons. The Bertz CT molecular complexity index is 518. The Morgan fingerprint density at radius 1 is 1.36 bits per heavy atom. The number of aromatic nitrogens is 2. The Morgan fingerprint density at radius 3 is 2.68 bits per heavy atom. The predicted molar refractivity (Wildman–Crippen MR) is 70.7 cm³/mol. The third-order valence-electron chi connectivity index (χ3n) is 3.72. The fourth-order valence-corrected chi connectivity index (χ4v) is 2.46. The molecule has 1 amide bonds. The number of piperazine rings is 1. The van der Waals surface area contributed by atoms with Crippen molar-refractivity contribution in [2.24, 2.45) is 0 Å². The van der Waals surface area contributed by atoms with E-state index in [1.54, 1.807) is 11.9 Å². The van der Waals surface area contributed by atoms with Crippen LogP contribution < -0.4 is 0 Å². The Balaban J connectivity index is 2.08. The first kappa shape index (κ1) is 16.7. The third kappa shape index (κ3) is 3.76. The van der Waals surface area contributed by atoms with Crippen LogP contribution in [0.2, 0.25) is 0 Å². The summed E-state index contributed by atoms with van der Waals surface area (Å²) in [6.45, 7) is 3.17. The second kappa shape index (κ2) is 6.64. The zero-order valence-electron chi connectivity index (χ0n) is 12.6. The monoisotopic (exact) mass is 320 g/mol. The number of likely N-dealkylation sites (N-methyl/N-ethyl adjacent to an activating group) is 1. The van der Waals surface area contributed by atoms with Gasteiger partial charge in [0.1, 0.15) is 0 Å². The van der Waals surface area contributed by atoms with E-state index in [1.165, 1.54) is 0 Å². The molecule has 22 heavy (non-hydrogen) atoms. The maximum Gasteiger partial charge on any atom is 0.455 e. The van der Waals surface area contributed by atoms with E-state index in [1.807, 2.05) is 11.8 Å². The largest absolute Gasteiger partial charge is 0.455 e. The van der Waals surface area contributed by atoms with Gasteiger partial charge >= 0.3 is 6.18 Å². The highest BCUT2D eigenvalue weighted by Gasteiger charge is 2.38. The van der Waals surface area contributed by atoms with Crippen LogP contribution in [0.25, 0.3) is 0 Å². The van der Waals surface area contributed by atoms with Crippen molar-refractivity contribution in [1.29, 1.82) is 0 Å². The quantitative estimate of drug-likeness (QED) is 0.829. The average Bonchev–Trinajstić information content (AvgIpc) is 2.91. The first-order valence-corrected chi connectivity index (χ1v) is 7.21. The van der Waals surface area contributed by atoms with E-state index in [2.05, 4.69) is 14.7 Å². The van der Waals surface area contributed by atoms with Gasteiger partial charge in [0.25, 0.3) is 5.82 Å². The molecule has 1 aliphatic rings. The highest BCUT2D eigenvalue weighted by molar-refractivity contribution is 5.82. The summed E-state index contributed by atoms with van der Waals surface area (Å²) in [6.07, 6.45) is -2.14. The minimum Gasteiger partial charge on any atom is -0.343 e. The number of carbonyl (C=O) groups excluding carboxylic acids is 1. The van der Waals surface area contributed by atoms with Crippen molar-refractivity contribution >= 4 is 5.91 Å². The van der Waals surface area contributed by atoms with Crippen LogP contribution in [0.1, 0.15) is 37.9 Å². The lowest BCUT2D eigenvalue weighted by molar-refractivity contribution is -0.146. The number of amides is 1. The summed E-state index contributed by atoms with van der Waals surface area (Å²) < 4.78 is 42.1. The Labute approximate surface area is 126 Å². The highest BCUT2D eigenvalue weighted by atomic mass is 19.4. The summed E-state index contributed by atoms with van der Waals surface area (Å²) >= 11 is 0. The fraction of sp³-hybridized carbons (Fsp3) is 0.769. The van der Waals surface area contributed by atoms with Crippen molar-refractivity contribution in [3.63, 3.8) is 0 Å². The lowest BCUT2D eigenvalue weighted by Gasteiger charge is -2.38. The molecule has 1 aromatic rings. The molecule has 1 aliphatic heterocycles. The van der Waals surface area contributed by atoms with E-state index in [9.17, 15) is 18.0 Å². The maximum atomic E-state index is 12.5. The van der Waals surface area contributed by atoms with Crippen molar-refractivity contribution in [2.45, 2.75) is 44.9 Å². The topological polar surface area (TPSA) is 62.5 Å². The van der Waals surface area contributed by atoms with Gasteiger partial charge in [0.15, 0.2) is 0 Å². The summed E-state index contributed by atoms with van der Waals surface area (Å²) in [7, 11) is 1.73. The van der Waals surface area contributed by atoms with Crippen LogP contribution in [0, 0.1) is 0 Å². The second-order valence-corrected chi connectivity index (χ2v) is 5.40. The molecule has 1 fully saturated rings. The fourth-order valence-electron chi connectivity index (χ4n) is 2.46. The molecule has 2 heterocycles. The van der Waals surface area contributed by atoms with Crippen LogP contribution in [0.3, 0.4) is 0 Å². The zero-order chi connectivity index (χ0) is 16.3. The van der Waals surface area contributed by atoms with Crippen LogP contribution in [0.4, 0.5) is 13.2 Å². The number of alkyl halides is 3. The minimum atomic E-state index is -4.62. The van der Waals surface area contributed by atoms with E-state index < -0.39 is 12.0 Å². The number of halogens is 3. The van der Waals surface area contributed by atoms with Crippen molar-refractivity contribution in [1.82, 2.24) is 19.9 Å². The van der Waals surface area contributed by atoms with Gasteiger partial charge in [-0.25, -0.2) is 0 Å². The van der Waals surface area contributed by atoms with E-state index in [0.717, 1.165) is 12.8 Å². The molecular weight excluding hydrogens is 301 g/mol. The molecule has 0 bridgehead atoms. The van der Waals surface area contributed by atoms with Gasteiger partial charge in [-0.05, 0) is 6.42 Å². The predicted octanol–water partition coefficient (Wildman–Crippen LogP) is 1.92.